The van der Waals surface area contributed by atoms with Crippen molar-refractivity contribution in [1.29, 1.82) is 0 Å². The highest BCUT2D eigenvalue weighted by Gasteiger charge is 2.14. The maximum absolute atomic E-state index is 11.7. The third-order valence-electron chi connectivity index (χ3n) is 2.78. The van der Waals surface area contributed by atoms with E-state index in [9.17, 15) is 4.79 Å². The van der Waals surface area contributed by atoms with Crippen LogP contribution in [0, 0.1) is 0 Å². The molecule has 0 aliphatic carbocycles. The summed E-state index contributed by atoms with van der Waals surface area (Å²) >= 11 is 0. The van der Waals surface area contributed by atoms with Crippen molar-refractivity contribution in [2.24, 2.45) is 0 Å². The van der Waals surface area contributed by atoms with Gasteiger partial charge in [-0.3, -0.25) is 0 Å². The molecule has 1 aliphatic heterocycles. The zero-order chi connectivity index (χ0) is 13.5. The number of benzene rings is 1. The molecule has 5 heteroatoms. The van der Waals surface area contributed by atoms with Crippen molar-refractivity contribution in [3.05, 3.63) is 36.4 Å². The van der Waals surface area contributed by atoms with Crippen LogP contribution in [0.1, 0.15) is 5.56 Å². The van der Waals surface area contributed by atoms with Gasteiger partial charge in [0.05, 0.1) is 25.9 Å². The molecule has 0 unspecified atom stereocenters. The number of amides is 2. The summed E-state index contributed by atoms with van der Waals surface area (Å²) in [6.45, 7) is 5.84. The van der Waals surface area contributed by atoms with Gasteiger partial charge < -0.3 is 20.1 Å². The van der Waals surface area contributed by atoms with Crippen LogP contribution in [0.5, 0.6) is 0 Å². The molecule has 1 heterocycles. The Morgan fingerprint density at radius 3 is 2.79 bits per heavy atom. The average molecular weight is 262 g/mol. The lowest BCUT2D eigenvalue weighted by Gasteiger charge is -2.23. The standard InChI is InChI=1S/C14H18N2O3/c1-2-11-3-5-12(6-4-11)16-14(17)15-9-13-10-18-7-8-19-13/h2-6,13H,1,7-10H2,(H2,15,16,17)/t13-/m0/s1. The number of urea groups is 1. The molecule has 0 bridgehead atoms. The van der Waals surface area contributed by atoms with Crippen LogP contribution in [0.25, 0.3) is 6.08 Å². The normalized spacial score (nSPS) is 18.6. The van der Waals surface area contributed by atoms with Gasteiger partial charge in [-0.15, -0.1) is 0 Å². The lowest BCUT2D eigenvalue weighted by molar-refractivity contribution is -0.0852. The largest absolute Gasteiger partial charge is 0.376 e. The van der Waals surface area contributed by atoms with Crippen LogP contribution in [-0.4, -0.2) is 38.5 Å². The Hall–Kier alpha value is -1.85. The van der Waals surface area contributed by atoms with Gasteiger partial charge in [0.1, 0.15) is 0 Å². The molecule has 1 aromatic carbocycles. The van der Waals surface area contributed by atoms with Crippen molar-refractivity contribution in [1.82, 2.24) is 5.32 Å². The fraction of sp³-hybridized carbons (Fsp3) is 0.357. The topological polar surface area (TPSA) is 59.6 Å². The highest BCUT2D eigenvalue weighted by molar-refractivity contribution is 5.89. The number of carbonyl (C=O) groups is 1. The van der Waals surface area contributed by atoms with Gasteiger partial charge in [-0.25, -0.2) is 4.79 Å². The second-order valence-electron chi connectivity index (χ2n) is 4.23. The van der Waals surface area contributed by atoms with Crippen molar-refractivity contribution >= 4 is 17.8 Å². The van der Waals surface area contributed by atoms with Crippen LogP contribution in [-0.2, 0) is 9.47 Å². The summed E-state index contributed by atoms with van der Waals surface area (Å²) in [6, 6.07) is 7.19. The monoisotopic (exact) mass is 262 g/mol. The molecule has 1 saturated heterocycles. The van der Waals surface area contributed by atoms with Crippen LogP contribution < -0.4 is 10.6 Å². The molecule has 0 spiro atoms. The first-order valence-corrected chi connectivity index (χ1v) is 6.24. The minimum atomic E-state index is -0.250. The lowest BCUT2D eigenvalue weighted by Crippen LogP contribution is -2.41. The molecule has 1 aromatic rings. The zero-order valence-corrected chi connectivity index (χ0v) is 10.7. The van der Waals surface area contributed by atoms with E-state index in [2.05, 4.69) is 17.2 Å². The number of hydrogen-bond donors (Lipinski definition) is 2. The van der Waals surface area contributed by atoms with Gasteiger partial charge in [-0.2, -0.15) is 0 Å². The van der Waals surface area contributed by atoms with Crippen molar-refractivity contribution < 1.29 is 14.3 Å². The highest BCUT2D eigenvalue weighted by Crippen LogP contribution is 2.10. The summed E-state index contributed by atoms with van der Waals surface area (Å²) < 4.78 is 10.7. The summed E-state index contributed by atoms with van der Waals surface area (Å²) in [5, 5.41) is 5.51. The number of anilines is 1. The van der Waals surface area contributed by atoms with Crippen molar-refractivity contribution in [3.63, 3.8) is 0 Å². The van der Waals surface area contributed by atoms with Crippen molar-refractivity contribution in [2.75, 3.05) is 31.7 Å². The van der Waals surface area contributed by atoms with Crippen molar-refractivity contribution in [3.8, 4) is 0 Å². The van der Waals surface area contributed by atoms with Gasteiger partial charge >= 0.3 is 6.03 Å². The van der Waals surface area contributed by atoms with Gasteiger partial charge in [0, 0.05) is 12.2 Å². The third-order valence-corrected chi connectivity index (χ3v) is 2.78. The van der Waals surface area contributed by atoms with Crippen LogP contribution in [0.4, 0.5) is 10.5 Å². The zero-order valence-electron chi connectivity index (χ0n) is 10.7. The predicted molar refractivity (Wildman–Crippen MR) is 74.1 cm³/mol. The summed E-state index contributed by atoms with van der Waals surface area (Å²) in [5.41, 5.74) is 1.75. The second kappa shape index (κ2) is 6.92. The van der Waals surface area contributed by atoms with E-state index in [0.717, 1.165) is 11.3 Å². The lowest BCUT2D eigenvalue weighted by atomic mass is 10.2. The van der Waals surface area contributed by atoms with Crippen LogP contribution >= 0.6 is 0 Å². The summed E-state index contributed by atoms with van der Waals surface area (Å²) in [6.07, 6.45) is 1.69. The Morgan fingerprint density at radius 1 is 1.37 bits per heavy atom. The second-order valence-corrected chi connectivity index (χ2v) is 4.23. The molecule has 2 N–H and O–H groups in total. The maximum atomic E-state index is 11.7. The molecule has 2 amide bonds. The Balaban J connectivity index is 1.75. The third kappa shape index (κ3) is 4.39. The van der Waals surface area contributed by atoms with Crippen LogP contribution in [0.15, 0.2) is 30.8 Å². The molecule has 1 aliphatic rings. The first-order valence-electron chi connectivity index (χ1n) is 6.24. The van der Waals surface area contributed by atoms with Gasteiger partial charge in [0.25, 0.3) is 0 Å². The van der Waals surface area contributed by atoms with E-state index in [1.807, 2.05) is 24.3 Å². The fourth-order valence-electron chi connectivity index (χ4n) is 1.74. The van der Waals surface area contributed by atoms with Gasteiger partial charge in [-0.1, -0.05) is 24.8 Å². The van der Waals surface area contributed by atoms with E-state index in [-0.39, 0.29) is 12.1 Å². The molecule has 1 atom stereocenters. The average Bonchev–Trinajstić information content (AvgIpc) is 2.47. The van der Waals surface area contributed by atoms with E-state index in [1.54, 1.807) is 6.08 Å². The predicted octanol–water partition coefficient (Wildman–Crippen LogP) is 1.87. The molecular weight excluding hydrogens is 244 g/mol. The van der Waals surface area contributed by atoms with Gasteiger partial charge in [-0.05, 0) is 17.7 Å². The van der Waals surface area contributed by atoms with Crippen LogP contribution in [0.3, 0.4) is 0 Å². The molecule has 2 rings (SSSR count). The molecule has 19 heavy (non-hydrogen) atoms. The summed E-state index contributed by atoms with van der Waals surface area (Å²) in [4.78, 5) is 11.7. The van der Waals surface area contributed by atoms with E-state index < -0.39 is 0 Å². The van der Waals surface area contributed by atoms with E-state index in [4.69, 9.17) is 9.47 Å². The minimum Gasteiger partial charge on any atom is -0.376 e. The summed E-state index contributed by atoms with van der Waals surface area (Å²) in [7, 11) is 0. The number of ether oxygens (including phenoxy) is 2. The van der Waals surface area contributed by atoms with E-state index in [1.165, 1.54) is 0 Å². The SMILES string of the molecule is C=Cc1ccc(NC(=O)NC[C@H]2COCCO2)cc1. The molecular formula is C14H18N2O3. The minimum absolute atomic E-state index is 0.0670. The molecule has 0 saturated carbocycles. The van der Waals surface area contributed by atoms with Gasteiger partial charge in [0.2, 0.25) is 0 Å². The number of rotatable bonds is 4. The summed E-state index contributed by atoms with van der Waals surface area (Å²) in [5.74, 6) is 0. The van der Waals surface area contributed by atoms with Crippen molar-refractivity contribution in [2.45, 2.75) is 6.10 Å². The molecule has 102 valence electrons. The molecule has 1 fully saturated rings. The Morgan fingerprint density at radius 2 is 2.16 bits per heavy atom. The first-order chi connectivity index (χ1) is 9.28. The maximum Gasteiger partial charge on any atom is 0.319 e. The Labute approximate surface area is 112 Å². The van der Waals surface area contributed by atoms with Gasteiger partial charge in [0.15, 0.2) is 0 Å². The van der Waals surface area contributed by atoms with E-state index in [0.29, 0.717) is 26.4 Å². The molecule has 0 aromatic heterocycles. The quantitative estimate of drug-likeness (QED) is 0.870. The number of carbonyl (C=O) groups excluding carboxylic acids is 1. The highest BCUT2D eigenvalue weighted by atomic mass is 16.6. The molecule has 0 radical (unpaired) electrons. The van der Waals surface area contributed by atoms with Crippen LogP contribution in [0.2, 0.25) is 0 Å². The van der Waals surface area contributed by atoms with E-state index >= 15 is 0 Å². The Bertz CT molecular complexity index is 425. The Kier molecular flexibility index (Phi) is 4.94. The fourth-order valence-corrected chi connectivity index (χ4v) is 1.74. The number of hydrogen-bond acceptors (Lipinski definition) is 3. The smallest absolute Gasteiger partial charge is 0.319 e. The first kappa shape index (κ1) is 13.6. The molecule has 5 nitrogen and oxygen atoms in total. The number of nitrogens with one attached hydrogen (secondary N) is 2.